The second kappa shape index (κ2) is 6.50. The Balaban J connectivity index is 3.28. The first-order valence-electron chi connectivity index (χ1n) is 6.07. The van der Waals surface area contributed by atoms with Crippen LogP contribution in [0.25, 0.3) is 0 Å². The van der Waals surface area contributed by atoms with Crippen molar-refractivity contribution in [3.63, 3.8) is 0 Å². The molecule has 0 aromatic heterocycles. The number of aliphatic hydroxyl groups is 1. The van der Waals surface area contributed by atoms with Crippen molar-refractivity contribution in [2.45, 2.75) is 26.4 Å². The number of methoxy groups -OCH3 is 3. The Hall–Kier alpha value is -1.42. The summed E-state index contributed by atoms with van der Waals surface area (Å²) in [6.07, 6.45) is 0.309. The van der Waals surface area contributed by atoms with Crippen molar-refractivity contribution in [2.75, 3.05) is 21.3 Å². The normalized spacial score (nSPS) is 13.9. The van der Waals surface area contributed by atoms with E-state index in [0.717, 1.165) is 12.0 Å². The summed E-state index contributed by atoms with van der Waals surface area (Å²) in [6.45, 7) is 4.04. The predicted molar refractivity (Wildman–Crippen MR) is 70.5 cm³/mol. The van der Waals surface area contributed by atoms with Crippen LogP contribution in [0.15, 0.2) is 12.1 Å². The highest BCUT2D eigenvalue weighted by atomic mass is 16.5. The van der Waals surface area contributed by atoms with E-state index in [2.05, 4.69) is 0 Å². The summed E-state index contributed by atoms with van der Waals surface area (Å²) in [5, 5.41) is 10.3. The van der Waals surface area contributed by atoms with E-state index >= 15 is 0 Å². The highest BCUT2D eigenvalue weighted by Crippen LogP contribution is 2.43. The van der Waals surface area contributed by atoms with Gasteiger partial charge in [-0.05, 0) is 18.1 Å². The zero-order valence-electron chi connectivity index (χ0n) is 11.7. The van der Waals surface area contributed by atoms with Gasteiger partial charge < -0.3 is 19.3 Å². The lowest BCUT2D eigenvalue weighted by molar-refractivity contribution is 0.112. The van der Waals surface area contributed by atoms with Crippen LogP contribution in [0.3, 0.4) is 0 Å². The minimum atomic E-state index is -0.579. The van der Waals surface area contributed by atoms with Gasteiger partial charge in [-0.3, -0.25) is 0 Å². The van der Waals surface area contributed by atoms with Gasteiger partial charge in [-0.15, -0.1) is 0 Å². The molecule has 2 atom stereocenters. The molecule has 4 nitrogen and oxygen atoms in total. The van der Waals surface area contributed by atoms with Crippen molar-refractivity contribution >= 4 is 0 Å². The highest BCUT2D eigenvalue weighted by Gasteiger charge is 2.23. The summed E-state index contributed by atoms with van der Waals surface area (Å²) in [4.78, 5) is 0. The second-order valence-corrected chi connectivity index (χ2v) is 4.25. The molecule has 0 saturated heterocycles. The number of hydrogen-bond donors (Lipinski definition) is 1. The first kappa shape index (κ1) is 14.6. The summed E-state index contributed by atoms with van der Waals surface area (Å²) in [7, 11) is 4.69. The van der Waals surface area contributed by atoms with Crippen LogP contribution in [0, 0.1) is 5.92 Å². The molecule has 1 aromatic carbocycles. The molecule has 0 bridgehead atoms. The van der Waals surface area contributed by atoms with Gasteiger partial charge in [0.2, 0.25) is 5.75 Å². The van der Waals surface area contributed by atoms with Gasteiger partial charge in [0.05, 0.1) is 27.4 Å². The zero-order chi connectivity index (χ0) is 13.7. The third-order valence-corrected chi connectivity index (χ3v) is 3.24. The van der Waals surface area contributed by atoms with Crippen LogP contribution in [0.4, 0.5) is 0 Å². The number of benzene rings is 1. The maximum atomic E-state index is 10.3. The molecule has 0 aliphatic carbocycles. The van der Waals surface area contributed by atoms with Crippen LogP contribution in [0.1, 0.15) is 31.9 Å². The minimum absolute atomic E-state index is 0.150. The van der Waals surface area contributed by atoms with Crippen molar-refractivity contribution < 1.29 is 19.3 Å². The van der Waals surface area contributed by atoms with Crippen molar-refractivity contribution in [1.82, 2.24) is 0 Å². The van der Waals surface area contributed by atoms with Gasteiger partial charge in [-0.1, -0.05) is 20.3 Å². The maximum Gasteiger partial charge on any atom is 0.203 e. The molecule has 0 spiro atoms. The Morgan fingerprint density at radius 3 is 2.11 bits per heavy atom. The summed E-state index contributed by atoms with van der Waals surface area (Å²) < 4.78 is 15.9. The third-order valence-electron chi connectivity index (χ3n) is 3.24. The molecular formula is C14H22O4. The Morgan fingerprint density at radius 1 is 1.06 bits per heavy atom. The number of hydrogen-bond acceptors (Lipinski definition) is 4. The van der Waals surface area contributed by atoms with Crippen LogP contribution < -0.4 is 14.2 Å². The molecule has 4 heteroatoms. The molecule has 0 amide bonds. The molecule has 1 rings (SSSR count). The van der Waals surface area contributed by atoms with E-state index < -0.39 is 6.10 Å². The van der Waals surface area contributed by atoms with Gasteiger partial charge in [-0.2, -0.15) is 0 Å². The fraction of sp³-hybridized carbons (Fsp3) is 0.571. The van der Waals surface area contributed by atoms with E-state index in [-0.39, 0.29) is 5.92 Å². The molecule has 2 unspecified atom stereocenters. The topological polar surface area (TPSA) is 47.9 Å². The molecular weight excluding hydrogens is 232 g/mol. The highest BCUT2D eigenvalue weighted by molar-refractivity contribution is 5.56. The molecule has 1 N–H and O–H groups in total. The smallest absolute Gasteiger partial charge is 0.203 e. The summed E-state index contributed by atoms with van der Waals surface area (Å²) in [5.74, 6) is 1.79. The lowest BCUT2D eigenvalue weighted by Crippen LogP contribution is -2.10. The SMILES string of the molecule is CCC(C)C(O)c1ccc(OC)c(OC)c1OC. The summed E-state index contributed by atoms with van der Waals surface area (Å²) in [5.41, 5.74) is 0.726. The number of rotatable bonds is 6. The van der Waals surface area contributed by atoms with E-state index in [0.29, 0.717) is 17.2 Å². The molecule has 0 aliphatic rings. The summed E-state index contributed by atoms with van der Waals surface area (Å²) >= 11 is 0. The largest absolute Gasteiger partial charge is 0.493 e. The zero-order valence-corrected chi connectivity index (χ0v) is 11.7. The van der Waals surface area contributed by atoms with Gasteiger partial charge in [0.25, 0.3) is 0 Å². The van der Waals surface area contributed by atoms with Crippen molar-refractivity contribution in [3.8, 4) is 17.2 Å². The molecule has 102 valence electrons. The maximum absolute atomic E-state index is 10.3. The first-order chi connectivity index (χ1) is 8.60. The van der Waals surface area contributed by atoms with E-state index in [1.807, 2.05) is 19.9 Å². The molecule has 18 heavy (non-hydrogen) atoms. The Morgan fingerprint density at radius 2 is 1.67 bits per heavy atom. The Labute approximate surface area is 108 Å². The fourth-order valence-corrected chi connectivity index (χ4v) is 1.89. The van der Waals surface area contributed by atoms with Gasteiger partial charge >= 0.3 is 0 Å². The molecule has 1 aromatic rings. The molecule has 0 aliphatic heterocycles. The predicted octanol–water partition coefficient (Wildman–Crippen LogP) is 2.79. The average Bonchev–Trinajstić information content (AvgIpc) is 2.43. The Bertz CT molecular complexity index is 390. The standard InChI is InChI=1S/C14H22O4/c1-6-9(2)12(15)10-7-8-11(16-3)14(18-5)13(10)17-4/h7-9,12,15H,6H2,1-5H3. The van der Waals surface area contributed by atoms with Gasteiger partial charge in [0.15, 0.2) is 11.5 Å². The van der Waals surface area contributed by atoms with Gasteiger partial charge in [-0.25, -0.2) is 0 Å². The van der Waals surface area contributed by atoms with Crippen LogP contribution in [0.5, 0.6) is 17.2 Å². The number of aliphatic hydroxyl groups excluding tert-OH is 1. The lowest BCUT2D eigenvalue weighted by Gasteiger charge is -2.22. The van der Waals surface area contributed by atoms with Crippen LogP contribution >= 0.6 is 0 Å². The monoisotopic (exact) mass is 254 g/mol. The van der Waals surface area contributed by atoms with Crippen LogP contribution in [-0.2, 0) is 0 Å². The van der Waals surface area contributed by atoms with Crippen LogP contribution in [0.2, 0.25) is 0 Å². The first-order valence-corrected chi connectivity index (χ1v) is 6.07. The average molecular weight is 254 g/mol. The molecule has 0 saturated carbocycles. The van der Waals surface area contributed by atoms with Crippen LogP contribution in [-0.4, -0.2) is 26.4 Å². The van der Waals surface area contributed by atoms with Gasteiger partial charge in [0, 0.05) is 5.56 Å². The molecule has 0 heterocycles. The molecule has 0 fully saturated rings. The fourth-order valence-electron chi connectivity index (χ4n) is 1.89. The van der Waals surface area contributed by atoms with Crippen molar-refractivity contribution in [1.29, 1.82) is 0 Å². The quantitative estimate of drug-likeness (QED) is 0.848. The molecule has 0 radical (unpaired) electrons. The minimum Gasteiger partial charge on any atom is -0.493 e. The van der Waals surface area contributed by atoms with E-state index in [1.165, 1.54) is 0 Å². The van der Waals surface area contributed by atoms with Gasteiger partial charge in [0.1, 0.15) is 0 Å². The van der Waals surface area contributed by atoms with E-state index in [1.54, 1.807) is 27.4 Å². The third kappa shape index (κ3) is 2.70. The number of ether oxygens (including phenoxy) is 3. The summed E-state index contributed by atoms with van der Waals surface area (Å²) in [6, 6.07) is 3.60. The van der Waals surface area contributed by atoms with Crippen molar-refractivity contribution in [2.24, 2.45) is 5.92 Å². The van der Waals surface area contributed by atoms with E-state index in [9.17, 15) is 5.11 Å². The lowest BCUT2D eigenvalue weighted by atomic mass is 9.94. The Kier molecular flexibility index (Phi) is 5.28. The second-order valence-electron chi connectivity index (χ2n) is 4.25. The van der Waals surface area contributed by atoms with E-state index in [4.69, 9.17) is 14.2 Å². The van der Waals surface area contributed by atoms with Crippen molar-refractivity contribution in [3.05, 3.63) is 17.7 Å².